The van der Waals surface area contributed by atoms with Crippen LogP contribution < -0.4 is 17.1 Å². The average molecular weight is 185 g/mol. The molecule has 0 radical (unpaired) electrons. The SMILES string of the molecule is CCn1c(=O)n(C)c(=O)o/c1=N/C. The Kier molecular flexibility index (Phi) is 2.50. The summed E-state index contributed by atoms with van der Waals surface area (Å²) in [5.74, 6) is -0.699. The first kappa shape index (κ1) is 9.50. The van der Waals surface area contributed by atoms with Crippen LogP contribution in [0.2, 0.25) is 0 Å². The molecule has 72 valence electrons. The van der Waals surface area contributed by atoms with Gasteiger partial charge in [-0.1, -0.05) is 0 Å². The molecule has 1 heterocycles. The maximum atomic E-state index is 11.4. The summed E-state index contributed by atoms with van der Waals surface area (Å²) in [6.45, 7) is 2.19. The largest absolute Gasteiger partial charge is 0.425 e. The fourth-order valence-corrected chi connectivity index (χ4v) is 0.980. The van der Waals surface area contributed by atoms with Gasteiger partial charge < -0.3 is 4.42 Å². The van der Waals surface area contributed by atoms with Gasteiger partial charge in [0.2, 0.25) is 0 Å². The Labute approximate surface area is 73.8 Å². The van der Waals surface area contributed by atoms with E-state index < -0.39 is 11.4 Å². The van der Waals surface area contributed by atoms with Gasteiger partial charge in [-0.3, -0.25) is 0 Å². The van der Waals surface area contributed by atoms with E-state index >= 15 is 0 Å². The lowest BCUT2D eigenvalue weighted by Gasteiger charge is -2.01. The molecule has 0 fully saturated rings. The van der Waals surface area contributed by atoms with Gasteiger partial charge in [0.15, 0.2) is 0 Å². The van der Waals surface area contributed by atoms with Gasteiger partial charge in [0, 0.05) is 20.6 Å². The molecule has 0 unspecified atom stereocenters. The van der Waals surface area contributed by atoms with E-state index in [0.29, 0.717) is 6.54 Å². The minimum Gasteiger partial charge on any atom is -0.375 e. The van der Waals surface area contributed by atoms with Gasteiger partial charge in [0.05, 0.1) is 0 Å². The van der Waals surface area contributed by atoms with E-state index in [1.807, 2.05) is 0 Å². The van der Waals surface area contributed by atoms with E-state index in [4.69, 9.17) is 4.42 Å². The van der Waals surface area contributed by atoms with Crippen molar-refractivity contribution in [2.24, 2.45) is 12.0 Å². The van der Waals surface area contributed by atoms with Gasteiger partial charge in [0.25, 0.3) is 0 Å². The van der Waals surface area contributed by atoms with Crippen LogP contribution in [0.4, 0.5) is 0 Å². The Morgan fingerprint density at radius 1 is 1.46 bits per heavy atom. The van der Waals surface area contributed by atoms with Crippen LogP contribution in [0.15, 0.2) is 19.0 Å². The molecule has 0 bridgehead atoms. The molecule has 0 N–H and O–H groups in total. The molecule has 0 amide bonds. The molecule has 6 heteroatoms. The van der Waals surface area contributed by atoms with Crippen LogP contribution in [-0.4, -0.2) is 16.2 Å². The maximum absolute atomic E-state index is 11.4. The third-order valence-electron chi connectivity index (χ3n) is 1.71. The lowest BCUT2D eigenvalue weighted by atomic mass is 10.7. The van der Waals surface area contributed by atoms with E-state index in [-0.39, 0.29) is 5.68 Å². The maximum Gasteiger partial charge on any atom is 0.425 e. The first-order chi connectivity index (χ1) is 6.11. The molecule has 0 aliphatic carbocycles. The van der Waals surface area contributed by atoms with Crippen LogP contribution in [0.25, 0.3) is 0 Å². The second-order valence-electron chi connectivity index (χ2n) is 2.46. The fraction of sp³-hybridized carbons (Fsp3) is 0.571. The van der Waals surface area contributed by atoms with E-state index in [1.54, 1.807) is 6.92 Å². The van der Waals surface area contributed by atoms with E-state index in [2.05, 4.69) is 4.99 Å². The molecule has 0 atom stereocenters. The predicted octanol–water partition coefficient (Wildman–Crippen LogP) is -1.31. The quantitative estimate of drug-likeness (QED) is 0.545. The summed E-state index contributed by atoms with van der Waals surface area (Å²) >= 11 is 0. The third kappa shape index (κ3) is 1.47. The molecule has 1 aromatic heterocycles. The summed E-state index contributed by atoms with van der Waals surface area (Å²) in [4.78, 5) is 26.1. The number of rotatable bonds is 1. The van der Waals surface area contributed by atoms with Gasteiger partial charge in [-0.05, 0) is 6.92 Å². The van der Waals surface area contributed by atoms with Gasteiger partial charge in [-0.15, -0.1) is 0 Å². The number of nitrogens with zero attached hydrogens (tertiary/aromatic N) is 3. The molecule has 0 saturated heterocycles. The summed E-state index contributed by atoms with van der Waals surface area (Å²) in [5.41, 5.74) is -0.366. The smallest absolute Gasteiger partial charge is 0.375 e. The molecule has 0 aliphatic heterocycles. The Morgan fingerprint density at radius 3 is 2.54 bits per heavy atom. The molecule has 0 aromatic carbocycles. The molecule has 6 nitrogen and oxygen atoms in total. The highest BCUT2D eigenvalue weighted by Crippen LogP contribution is 1.67. The van der Waals surface area contributed by atoms with Crippen molar-refractivity contribution in [2.75, 3.05) is 7.05 Å². The van der Waals surface area contributed by atoms with Gasteiger partial charge in [-0.2, -0.15) is 0 Å². The van der Waals surface area contributed by atoms with E-state index in [1.165, 1.54) is 18.7 Å². The van der Waals surface area contributed by atoms with Crippen LogP contribution in [0.1, 0.15) is 6.92 Å². The second-order valence-corrected chi connectivity index (χ2v) is 2.46. The summed E-state index contributed by atoms with van der Waals surface area (Å²) < 4.78 is 6.94. The second kappa shape index (κ2) is 3.42. The molecule has 0 aliphatic rings. The molecule has 1 aromatic rings. The summed E-state index contributed by atoms with van der Waals surface area (Å²) in [6, 6.07) is 0. The van der Waals surface area contributed by atoms with Crippen molar-refractivity contribution in [3.63, 3.8) is 0 Å². The van der Waals surface area contributed by atoms with Crippen molar-refractivity contribution < 1.29 is 4.42 Å². The van der Waals surface area contributed by atoms with Crippen molar-refractivity contribution in [1.29, 1.82) is 0 Å². The first-order valence-electron chi connectivity index (χ1n) is 3.85. The summed E-state index contributed by atoms with van der Waals surface area (Å²) in [7, 11) is 2.82. The Hall–Kier alpha value is -1.59. The summed E-state index contributed by atoms with van der Waals surface area (Å²) in [6.07, 6.45) is 0. The van der Waals surface area contributed by atoms with Crippen molar-refractivity contribution in [2.45, 2.75) is 13.5 Å². The van der Waals surface area contributed by atoms with Gasteiger partial charge >= 0.3 is 17.1 Å². The molecule has 0 saturated carbocycles. The van der Waals surface area contributed by atoms with Crippen molar-refractivity contribution >= 4 is 0 Å². The minimum atomic E-state index is -0.699. The molecular weight excluding hydrogens is 174 g/mol. The normalized spacial score (nSPS) is 12.1. The number of aromatic nitrogens is 2. The zero-order chi connectivity index (χ0) is 10.0. The molecule has 1 rings (SSSR count). The highest BCUT2D eigenvalue weighted by molar-refractivity contribution is 4.66. The highest BCUT2D eigenvalue weighted by Gasteiger charge is 2.04. The van der Waals surface area contributed by atoms with Crippen LogP contribution in [0, 0.1) is 0 Å². The topological polar surface area (TPSA) is 69.5 Å². The van der Waals surface area contributed by atoms with Crippen molar-refractivity contribution in [1.82, 2.24) is 9.13 Å². The van der Waals surface area contributed by atoms with E-state index in [9.17, 15) is 9.59 Å². The Balaban J connectivity index is 3.80. The summed E-state index contributed by atoms with van der Waals surface area (Å²) in [5, 5.41) is 0. The lowest BCUT2D eigenvalue weighted by molar-refractivity contribution is 0.327. The predicted molar refractivity (Wildman–Crippen MR) is 45.4 cm³/mol. The molecular formula is C7H11N3O3. The zero-order valence-electron chi connectivity index (χ0n) is 7.77. The Morgan fingerprint density at radius 2 is 2.08 bits per heavy atom. The van der Waals surface area contributed by atoms with Crippen LogP contribution in [0.5, 0.6) is 0 Å². The van der Waals surface area contributed by atoms with Crippen molar-refractivity contribution in [3.8, 4) is 0 Å². The average Bonchev–Trinajstić information content (AvgIpc) is 2.13. The van der Waals surface area contributed by atoms with Crippen LogP contribution in [-0.2, 0) is 13.6 Å². The molecule has 13 heavy (non-hydrogen) atoms. The minimum absolute atomic E-state index is 0.0515. The fourth-order valence-electron chi connectivity index (χ4n) is 0.980. The zero-order valence-corrected chi connectivity index (χ0v) is 7.77. The van der Waals surface area contributed by atoms with Crippen molar-refractivity contribution in [3.05, 3.63) is 26.7 Å². The van der Waals surface area contributed by atoms with Crippen LogP contribution in [0.3, 0.4) is 0 Å². The standard InChI is InChI=1S/C7H11N3O3/c1-4-10-5(8-2)13-7(12)9(3)6(10)11/h4H2,1-3H3/b8-5+. The lowest BCUT2D eigenvalue weighted by Crippen LogP contribution is -2.45. The molecule has 0 spiro atoms. The highest BCUT2D eigenvalue weighted by atomic mass is 16.4. The van der Waals surface area contributed by atoms with E-state index in [0.717, 1.165) is 4.57 Å². The number of hydrogen-bond donors (Lipinski definition) is 0. The Bertz CT molecular complexity index is 477. The monoisotopic (exact) mass is 185 g/mol. The van der Waals surface area contributed by atoms with Crippen LogP contribution >= 0.6 is 0 Å². The first-order valence-corrected chi connectivity index (χ1v) is 3.85. The van der Waals surface area contributed by atoms with Gasteiger partial charge in [-0.25, -0.2) is 23.7 Å². The van der Waals surface area contributed by atoms with Gasteiger partial charge in [0.1, 0.15) is 0 Å². The third-order valence-corrected chi connectivity index (χ3v) is 1.71. The number of hydrogen-bond acceptors (Lipinski definition) is 4.